The molecule has 0 radical (unpaired) electrons. The Kier molecular flexibility index (Phi) is 6.54. The van der Waals surface area contributed by atoms with E-state index in [1.165, 1.54) is 0 Å². The second kappa shape index (κ2) is 7.95. The lowest BCUT2D eigenvalue weighted by molar-refractivity contribution is 0.104. The number of ether oxygens (including phenoxy) is 2. The Morgan fingerprint density at radius 2 is 2.11 bits per heavy atom. The van der Waals surface area contributed by atoms with Crippen molar-refractivity contribution in [1.29, 1.82) is 0 Å². The second-order valence-corrected chi connectivity index (χ2v) is 4.13. The predicted molar refractivity (Wildman–Crippen MR) is 72.2 cm³/mol. The molecular formula is C14H23NO3. The van der Waals surface area contributed by atoms with Crippen molar-refractivity contribution in [2.45, 2.75) is 32.9 Å². The van der Waals surface area contributed by atoms with Gasteiger partial charge in [0.2, 0.25) is 0 Å². The summed E-state index contributed by atoms with van der Waals surface area (Å²) >= 11 is 0. The molecule has 0 spiro atoms. The van der Waals surface area contributed by atoms with Crippen LogP contribution in [0.3, 0.4) is 0 Å². The van der Waals surface area contributed by atoms with Crippen LogP contribution < -0.4 is 14.8 Å². The molecule has 1 atom stereocenters. The molecule has 18 heavy (non-hydrogen) atoms. The Labute approximate surface area is 109 Å². The SMILES string of the molecule is CCNCc1cc(OC)ccc1OCC(O)CC. The minimum Gasteiger partial charge on any atom is -0.497 e. The molecule has 0 bridgehead atoms. The fourth-order valence-corrected chi connectivity index (χ4v) is 1.53. The molecule has 4 heteroatoms. The molecular weight excluding hydrogens is 230 g/mol. The van der Waals surface area contributed by atoms with Gasteiger partial charge in [-0.25, -0.2) is 0 Å². The summed E-state index contributed by atoms with van der Waals surface area (Å²) in [6, 6.07) is 5.70. The number of aliphatic hydroxyl groups is 1. The summed E-state index contributed by atoms with van der Waals surface area (Å²) in [6.07, 6.45) is 0.276. The molecule has 4 nitrogen and oxygen atoms in total. The molecule has 0 heterocycles. The smallest absolute Gasteiger partial charge is 0.124 e. The zero-order valence-electron chi connectivity index (χ0n) is 11.4. The van der Waals surface area contributed by atoms with Gasteiger partial charge in [0, 0.05) is 12.1 Å². The largest absolute Gasteiger partial charge is 0.497 e. The molecule has 0 aliphatic heterocycles. The molecule has 0 saturated carbocycles. The van der Waals surface area contributed by atoms with Crippen LogP contribution in [0, 0.1) is 0 Å². The van der Waals surface area contributed by atoms with Crippen LogP contribution in [0.4, 0.5) is 0 Å². The summed E-state index contributed by atoms with van der Waals surface area (Å²) in [7, 11) is 1.65. The highest BCUT2D eigenvalue weighted by atomic mass is 16.5. The molecule has 2 N–H and O–H groups in total. The van der Waals surface area contributed by atoms with E-state index in [4.69, 9.17) is 9.47 Å². The molecule has 0 fully saturated rings. The van der Waals surface area contributed by atoms with E-state index in [0.717, 1.165) is 30.2 Å². The lowest BCUT2D eigenvalue weighted by atomic mass is 10.2. The number of aliphatic hydroxyl groups excluding tert-OH is 1. The van der Waals surface area contributed by atoms with Gasteiger partial charge >= 0.3 is 0 Å². The first-order chi connectivity index (χ1) is 8.71. The summed E-state index contributed by atoms with van der Waals surface area (Å²) in [5.41, 5.74) is 1.04. The minimum atomic E-state index is -0.418. The van der Waals surface area contributed by atoms with Crippen LogP contribution in [-0.4, -0.2) is 31.5 Å². The van der Waals surface area contributed by atoms with Crippen molar-refractivity contribution < 1.29 is 14.6 Å². The van der Waals surface area contributed by atoms with E-state index >= 15 is 0 Å². The van der Waals surface area contributed by atoms with E-state index in [-0.39, 0.29) is 0 Å². The van der Waals surface area contributed by atoms with E-state index in [9.17, 15) is 5.11 Å². The van der Waals surface area contributed by atoms with Crippen LogP contribution in [0.5, 0.6) is 11.5 Å². The zero-order chi connectivity index (χ0) is 13.4. The topological polar surface area (TPSA) is 50.7 Å². The van der Waals surface area contributed by atoms with Crippen molar-refractivity contribution >= 4 is 0 Å². The van der Waals surface area contributed by atoms with E-state index in [2.05, 4.69) is 12.2 Å². The third kappa shape index (κ3) is 4.55. The summed E-state index contributed by atoms with van der Waals surface area (Å²) in [5.74, 6) is 1.61. The number of hydrogen-bond acceptors (Lipinski definition) is 4. The van der Waals surface area contributed by atoms with Crippen molar-refractivity contribution in [2.75, 3.05) is 20.3 Å². The van der Waals surface area contributed by atoms with Crippen molar-refractivity contribution in [3.8, 4) is 11.5 Å². The fraction of sp³-hybridized carbons (Fsp3) is 0.571. The van der Waals surface area contributed by atoms with Crippen LogP contribution >= 0.6 is 0 Å². The first-order valence-corrected chi connectivity index (χ1v) is 6.39. The Hall–Kier alpha value is -1.26. The van der Waals surface area contributed by atoms with Gasteiger partial charge in [0.15, 0.2) is 0 Å². The molecule has 1 aromatic rings. The molecule has 0 saturated heterocycles. The average molecular weight is 253 g/mol. The zero-order valence-corrected chi connectivity index (χ0v) is 11.4. The first-order valence-electron chi connectivity index (χ1n) is 6.39. The molecule has 1 unspecified atom stereocenters. The van der Waals surface area contributed by atoms with E-state index in [1.807, 2.05) is 25.1 Å². The molecule has 1 aromatic carbocycles. The molecule has 0 aromatic heterocycles. The average Bonchev–Trinajstić information content (AvgIpc) is 2.42. The molecule has 0 amide bonds. The van der Waals surface area contributed by atoms with Gasteiger partial charge in [-0.15, -0.1) is 0 Å². The normalized spacial score (nSPS) is 12.2. The van der Waals surface area contributed by atoms with Crippen LogP contribution in [0.15, 0.2) is 18.2 Å². The monoisotopic (exact) mass is 253 g/mol. The first kappa shape index (κ1) is 14.8. The highest BCUT2D eigenvalue weighted by Gasteiger charge is 2.08. The van der Waals surface area contributed by atoms with Gasteiger partial charge < -0.3 is 19.9 Å². The third-order valence-electron chi connectivity index (χ3n) is 2.74. The number of rotatable bonds is 8. The summed E-state index contributed by atoms with van der Waals surface area (Å²) in [6.45, 7) is 5.94. The number of benzene rings is 1. The molecule has 102 valence electrons. The van der Waals surface area contributed by atoms with E-state index < -0.39 is 6.10 Å². The van der Waals surface area contributed by atoms with Gasteiger partial charge in [-0.3, -0.25) is 0 Å². The van der Waals surface area contributed by atoms with Crippen molar-refractivity contribution in [2.24, 2.45) is 0 Å². The molecule has 1 rings (SSSR count). The maximum absolute atomic E-state index is 9.52. The Morgan fingerprint density at radius 1 is 1.33 bits per heavy atom. The Morgan fingerprint density at radius 3 is 2.72 bits per heavy atom. The van der Waals surface area contributed by atoms with Gasteiger partial charge in [-0.05, 0) is 31.2 Å². The Bertz CT molecular complexity index is 355. The van der Waals surface area contributed by atoms with Gasteiger partial charge in [0.25, 0.3) is 0 Å². The van der Waals surface area contributed by atoms with Crippen LogP contribution in [0.2, 0.25) is 0 Å². The highest BCUT2D eigenvalue weighted by Crippen LogP contribution is 2.24. The molecule has 0 aliphatic carbocycles. The Balaban J connectivity index is 2.74. The summed E-state index contributed by atoms with van der Waals surface area (Å²) in [4.78, 5) is 0. The maximum Gasteiger partial charge on any atom is 0.124 e. The summed E-state index contributed by atoms with van der Waals surface area (Å²) in [5, 5.41) is 12.8. The van der Waals surface area contributed by atoms with Crippen LogP contribution in [0.1, 0.15) is 25.8 Å². The lowest BCUT2D eigenvalue weighted by Crippen LogP contribution is -2.18. The lowest BCUT2D eigenvalue weighted by Gasteiger charge is -2.15. The maximum atomic E-state index is 9.52. The highest BCUT2D eigenvalue weighted by molar-refractivity contribution is 5.40. The van der Waals surface area contributed by atoms with Crippen molar-refractivity contribution in [1.82, 2.24) is 5.32 Å². The summed E-state index contributed by atoms with van der Waals surface area (Å²) < 4.78 is 10.8. The quantitative estimate of drug-likeness (QED) is 0.743. The van der Waals surface area contributed by atoms with Crippen molar-refractivity contribution in [3.63, 3.8) is 0 Å². The number of methoxy groups -OCH3 is 1. The second-order valence-electron chi connectivity index (χ2n) is 4.13. The van der Waals surface area contributed by atoms with Crippen LogP contribution in [-0.2, 0) is 6.54 Å². The van der Waals surface area contributed by atoms with Crippen LogP contribution in [0.25, 0.3) is 0 Å². The standard InChI is InChI=1S/C14H23NO3/c1-4-12(16)10-18-14-7-6-13(17-3)8-11(14)9-15-5-2/h6-8,12,15-16H,4-5,9-10H2,1-3H3. The third-order valence-corrected chi connectivity index (χ3v) is 2.74. The van der Waals surface area contributed by atoms with E-state index in [0.29, 0.717) is 13.0 Å². The number of nitrogens with one attached hydrogen (secondary N) is 1. The minimum absolute atomic E-state index is 0.321. The van der Waals surface area contributed by atoms with Gasteiger partial charge in [0.1, 0.15) is 18.1 Å². The van der Waals surface area contributed by atoms with Gasteiger partial charge in [-0.2, -0.15) is 0 Å². The van der Waals surface area contributed by atoms with E-state index in [1.54, 1.807) is 7.11 Å². The fourth-order valence-electron chi connectivity index (χ4n) is 1.53. The molecule has 0 aliphatic rings. The number of hydrogen-bond donors (Lipinski definition) is 2. The van der Waals surface area contributed by atoms with Gasteiger partial charge in [-0.1, -0.05) is 13.8 Å². The van der Waals surface area contributed by atoms with Crippen molar-refractivity contribution in [3.05, 3.63) is 23.8 Å². The van der Waals surface area contributed by atoms with Gasteiger partial charge in [0.05, 0.1) is 13.2 Å². The predicted octanol–water partition coefficient (Wildman–Crippen LogP) is 1.95.